The minimum absolute atomic E-state index is 0.180. The van der Waals surface area contributed by atoms with Gasteiger partial charge in [-0.3, -0.25) is 0 Å². The Morgan fingerprint density at radius 1 is 1.17 bits per heavy atom. The van der Waals surface area contributed by atoms with Gasteiger partial charge in [-0.25, -0.2) is 14.3 Å². The van der Waals surface area contributed by atoms with E-state index >= 15 is 0 Å². The molecule has 0 aliphatic heterocycles. The standard InChI is InChI=1S/C4H10ClO6P/c1-3-7-10-12(6,9-5)11-8-4-2/h3-4H2,1-2H3. The van der Waals surface area contributed by atoms with Crippen LogP contribution in [0.5, 0.6) is 0 Å². The van der Waals surface area contributed by atoms with Gasteiger partial charge < -0.3 is 0 Å². The van der Waals surface area contributed by atoms with Crippen molar-refractivity contribution < 1.29 is 27.8 Å². The van der Waals surface area contributed by atoms with Crippen LogP contribution in [-0.2, 0) is 27.8 Å². The smallest absolute Gasteiger partial charge is 0.227 e. The van der Waals surface area contributed by atoms with Gasteiger partial charge in [0.25, 0.3) is 0 Å². The third-order valence-electron chi connectivity index (χ3n) is 0.608. The van der Waals surface area contributed by atoms with Crippen LogP contribution in [0.25, 0.3) is 0 Å². The lowest BCUT2D eigenvalue weighted by molar-refractivity contribution is -0.273. The summed E-state index contributed by atoms with van der Waals surface area (Å²) < 4.78 is 23.3. The van der Waals surface area contributed by atoms with Gasteiger partial charge in [0.1, 0.15) is 0 Å². The molecule has 6 nitrogen and oxygen atoms in total. The molecule has 0 radical (unpaired) electrons. The molecule has 0 unspecified atom stereocenters. The molecule has 0 fully saturated rings. The van der Waals surface area contributed by atoms with E-state index < -0.39 is 7.82 Å². The van der Waals surface area contributed by atoms with Gasteiger partial charge in [0, 0.05) is 0 Å². The van der Waals surface area contributed by atoms with E-state index in [1.165, 1.54) is 0 Å². The van der Waals surface area contributed by atoms with E-state index in [-0.39, 0.29) is 13.2 Å². The van der Waals surface area contributed by atoms with E-state index in [4.69, 9.17) is 11.9 Å². The second-order valence-corrected chi connectivity index (χ2v) is 3.22. The highest BCUT2D eigenvalue weighted by Crippen LogP contribution is 2.50. The van der Waals surface area contributed by atoms with Crippen LogP contribution in [0.3, 0.4) is 0 Å². The molecule has 0 aliphatic carbocycles. The highest BCUT2D eigenvalue weighted by atomic mass is 35.5. The molecule has 0 N–H and O–H groups in total. The Morgan fingerprint density at radius 3 is 1.83 bits per heavy atom. The molecule has 74 valence electrons. The first-order chi connectivity index (χ1) is 5.68. The number of halogens is 1. The summed E-state index contributed by atoms with van der Waals surface area (Å²) in [6.45, 7) is 3.61. The van der Waals surface area contributed by atoms with Crippen LogP contribution in [0.15, 0.2) is 0 Å². The molecule has 0 aromatic heterocycles. The zero-order chi connectivity index (χ0) is 9.45. The third-order valence-corrected chi connectivity index (χ3v) is 1.86. The van der Waals surface area contributed by atoms with E-state index in [1.807, 2.05) is 0 Å². The highest BCUT2D eigenvalue weighted by molar-refractivity contribution is 7.49. The Kier molecular flexibility index (Phi) is 6.98. The second-order valence-electron chi connectivity index (χ2n) is 1.48. The van der Waals surface area contributed by atoms with Crippen molar-refractivity contribution in [1.29, 1.82) is 0 Å². The van der Waals surface area contributed by atoms with Gasteiger partial charge in [0.2, 0.25) is 0 Å². The van der Waals surface area contributed by atoms with Crippen molar-refractivity contribution in [1.82, 2.24) is 0 Å². The third kappa shape index (κ3) is 5.05. The SMILES string of the molecule is CCOOP(=O)(OCl)OOCC. The van der Waals surface area contributed by atoms with Gasteiger partial charge in [0.15, 0.2) is 0 Å². The van der Waals surface area contributed by atoms with Gasteiger partial charge in [-0.2, -0.15) is 4.08 Å². The summed E-state index contributed by atoms with van der Waals surface area (Å²) in [5, 5.41) is 0. The van der Waals surface area contributed by atoms with Crippen LogP contribution in [0.2, 0.25) is 0 Å². The fraction of sp³-hybridized carbons (Fsp3) is 1.00. The van der Waals surface area contributed by atoms with Crippen molar-refractivity contribution in [2.24, 2.45) is 0 Å². The summed E-state index contributed by atoms with van der Waals surface area (Å²) in [6, 6.07) is 0. The molecule has 0 bridgehead atoms. The maximum atomic E-state index is 11.1. The fourth-order valence-corrected chi connectivity index (χ4v) is 0.948. The Labute approximate surface area is 75.3 Å². The van der Waals surface area contributed by atoms with Gasteiger partial charge in [0.05, 0.1) is 25.1 Å². The monoisotopic (exact) mass is 220 g/mol. The average molecular weight is 221 g/mol. The Balaban J connectivity index is 3.79. The summed E-state index contributed by atoms with van der Waals surface area (Å²) >= 11 is 4.81. The fourth-order valence-electron chi connectivity index (χ4n) is 0.270. The van der Waals surface area contributed by atoms with Gasteiger partial charge in [-0.1, -0.05) is 0 Å². The molecule has 0 saturated carbocycles. The Morgan fingerprint density at radius 2 is 1.58 bits per heavy atom. The van der Waals surface area contributed by atoms with Crippen molar-refractivity contribution in [2.45, 2.75) is 13.8 Å². The molecule has 0 atom stereocenters. The van der Waals surface area contributed by atoms with Gasteiger partial charge in [-0.05, 0) is 13.8 Å². The van der Waals surface area contributed by atoms with Crippen molar-refractivity contribution in [2.75, 3.05) is 13.2 Å². The number of rotatable bonds is 7. The lowest BCUT2D eigenvalue weighted by atomic mass is 10.9. The second kappa shape index (κ2) is 6.80. The summed E-state index contributed by atoms with van der Waals surface area (Å²) in [5.74, 6) is 0. The van der Waals surface area contributed by atoms with E-state index in [2.05, 4.69) is 23.2 Å². The molecule has 0 heterocycles. The minimum atomic E-state index is -3.91. The first-order valence-electron chi connectivity index (χ1n) is 3.21. The summed E-state index contributed by atoms with van der Waals surface area (Å²) in [6.07, 6.45) is 0. The van der Waals surface area contributed by atoms with Gasteiger partial charge >= 0.3 is 7.82 Å². The molecule has 0 aliphatic rings. The summed E-state index contributed by atoms with van der Waals surface area (Å²) in [7, 11) is -3.91. The predicted molar refractivity (Wildman–Crippen MR) is 40.0 cm³/mol. The van der Waals surface area contributed by atoms with Crippen LogP contribution in [0.4, 0.5) is 0 Å². The zero-order valence-corrected chi connectivity index (χ0v) is 8.34. The molecular formula is C4H10ClO6P. The molecule has 0 spiro atoms. The molecular weight excluding hydrogens is 210 g/mol. The van der Waals surface area contributed by atoms with E-state index in [0.29, 0.717) is 0 Å². The lowest BCUT2D eigenvalue weighted by Crippen LogP contribution is -1.98. The quantitative estimate of drug-likeness (QED) is 0.372. The topological polar surface area (TPSA) is 63.2 Å². The molecule has 0 saturated heterocycles. The molecule has 0 aromatic rings. The van der Waals surface area contributed by atoms with Crippen LogP contribution in [-0.4, -0.2) is 13.2 Å². The lowest BCUT2D eigenvalue weighted by Gasteiger charge is -2.09. The number of hydrogen-bond acceptors (Lipinski definition) is 6. The van der Waals surface area contributed by atoms with E-state index in [1.54, 1.807) is 13.8 Å². The van der Waals surface area contributed by atoms with Gasteiger partial charge in [-0.15, -0.1) is 9.35 Å². The maximum absolute atomic E-state index is 11.1. The molecule has 0 aromatic carbocycles. The first kappa shape index (κ1) is 12.3. The van der Waals surface area contributed by atoms with E-state index in [0.717, 1.165) is 0 Å². The summed E-state index contributed by atoms with van der Waals surface area (Å²) in [4.78, 5) is 8.62. The van der Waals surface area contributed by atoms with Crippen molar-refractivity contribution in [3.8, 4) is 0 Å². The normalized spacial score (nSPS) is 11.9. The summed E-state index contributed by atoms with van der Waals surface area (Å²) in [5.41, 5.74) is 0. The van der Waals surface area contributed by atoms with Crippen LogP contribution in [0.1, 0.15) is 13.8 Å². The van der Waals surface area contributed by atoms with Crippen LogP contribution in [0, 0.1) is 0 Å². The zero-order valence-electron chi connectivity index (χ0n) is 6.69. The average Bonchev–Trinajstić information content (AvgIpc) is 2.11. The van der Waals surface area contributed by atoms with Crippen LogP contribution >= 0.6 is 19.7 Å². The Bertz CT molecular complexity index is 140. The molecule has 8 heteroatoms. The minimum Gasteiger partial charge on any atom is -0.227 e. The Hall–Kier alpha value is 0.320. The van der Waals surface area contributed by atoms with Crippen molar-refractivity contribution in [3.63, 3.8) is 0 Å². The number of phosphoric acid groups is 1. The van der Waals surface area contributed by atoms with Crippen LogP contribution < -0.4 is 0 Å². The molecule has 0 amide bonds. The molecule has 0 rings (SSSR count). The highest BCUT2D eigenvalue weighted by Gasteiger charge is 2.30. The molecule has 12 heavy (non-hydrogen) atoms. The van der Waals surface area contributed by atoms with Crippen molar-refractivity contribution >= 4 is 19.7 Å². The first-order valence-corrected chi connectivity index (χ1v) is 4.98. The largest absolute Gasteiger partial charge is 0.545 e. The van der Waals surface area contributed by atoms with Crippen molar-refractivity contribution in [3.05, 3.63) is 0 Å². The maximum Gasteiger partial charge on any atom is 0.545 e. The number of hydrogen-bond donors (Lipinski definition) is 0. The predicted octanol–water partition coefficient (Wildman–Crippen LogP) is 2.20. The van der Waals surface area contributed by atoms with E-state index in [9.17, 15) is 4.57 Å².